The van der Waals surface area contributed by atoms with Crippen molar-refractivity contribution in [1.82, 2.24) is 20.9 Å². The van der Waals surface area contributed by atoms with E-state index in [1.165, 1.54) is 0 Å². The molecule has 0 fully saturated rings. The summed E-state index contributed by atoms with van der Waals surface area (Å²) in [6.45, 7) is 8.17. The van der Waals surface area contributed by atoms with Gasteiger partial charge in [0, 0.05) is 17.5 Å². The van der Waals surface area contributed by atoms with Crippen molar-refractivity contribution in [2.75, 3.05) is 0 Å². The van der Waals surface area contributed by atoms with Crippen molar-refractivity contribution in [2.24, 2.45) is 5.92 Å². The number of benzene rings is 2. The smallest absolute Gasteiger partial charge is 0.408 e. The molecule has 0 aliphatic heterocycles. The number of rotatable bonds is 13. The summed E-state index contributed by atoms with van der Waals surface area (Å²) < 4.78 is 10.6. The molecule has 0 bridgehead atoms. The lowest BCUT2D eigenvalue weighted by atomic mass is 10.0. The normalized spacial score (nSPS) is 13.3. The molecule has 2 aromatic carbocycles. The molecule has 12 heteroatoms. The molecule has 3 rings (SSSR count). The number of esters is 1. The maximum Gasteiger partial charge on any atom is 0.408 e. The average Bonchev–Trinajstić information content (AvgIpc) is 2.97. The summed E-state index contributed by atoms with van der Waals surface area (Å²) in [5.41, 5.74) is 0.957. The molecule has 0 radical (unpaired) electrons. The van der Waals surface area contributed by atoms with Gasteiger partial charge < -0.3 is 30.5 Å². The molecular formula is C33H40N4O8. The number of fused-ring (bicyclic) bond motifs is 1. The molecule has 3 aromatic rings. The van der Waals surface area contributed by atoms with Crippen LogP contribution in [-0.2, 0) is 41.7 Å². The summed E-state index contributed by atoms with van der Waals surface area (Å²) in [6, 6.07) is 15.7. The van der Waals surface area contributed by atoms with Crippen LogP contribution in [-0.4, -0.2) is 63.7 Å². The Bertz CT molecular complexity index is 1500. The zero-order valence-corrected chi connectivity index (χ0v) is 26.0. The highest BCUT2D eigenvalue weighted by atomic mass is 16.6. The second-order valence-electron chi connectivity index (χ2n) is 11.9. The third-order valence-electron chi connectivity index (χ3n) is 6.54. The van der Waals surface area contributed by atoms with Crippen LogP contribution in [0.2, 0.25) is 0 Å². The number of carbonyl (C=O) groups is 5. The number of nitrogens with one attached hydrogen (secondary N) is 3. The number of hydrogen-bond acceptors (Lipinski definition) is 8. The first kappa shape index (κ1) is 34.5. The van der Waals surface area contributed by atoms with E-state index in [0.29, 0.717) is 16.8 Å². The van der Waals surface area contributed by atoms with Gasteiger partial charge in [0.05, 0.1) is 11.9 Å². The van der Waals surface area contributed by atoms with Gasteiger partial charge in [-0.2, -0.15) is 0 Å². The number of carboxylic acids is 1. The van der Waals surface area contributed by atoms with Crippen molar-refractivity contribution in [3.8, 4) is 0 Å². The lowest BCUT2D eigenvalue weighted by Crippen LogP contribution is -2.57. The van der Waals surface area contributed by atoms with E-state index in [1.807, 2.05) is 30.3 Å². The van der Waals surface area contributed by atoms with Crippen LogP contribution in [0.5, 0.6) is 0 Å². The van der Waals surface area contributed by atoms with Gasteiger partial charge in [-0.1, -0.05) is 68.4 Å². The molecule has 3 amide bonds. The van der Waals surface area contributed by atoms with Crippen molar-refractivity contribution in [3.63, 3.8) is 0 Å². The Morgan fingerprint density at radius 3 is 2.11 bits per heavy atom. The molecule has 0 saturated carbocycles. The van der Waals surface area contributed by atoms with Crippen molar-refractivity contribution in [2.45, 2.75) is 77.8 Å². The standard InChI is InChI=1S/C33H40N4O8/c1-20(2)28(31(41)42)37-30(40)25(17-23-16-15-22-13-9-10-14-24(22)34-23)35-29(39)26(18-27(38)45-33(3,4)5)36-32(43)44-19-21-11-7-6-8-12-21/h6-16,20,25-26,28H,17-19H2,1-5H3,(H,35,39)(H,36,43)(H,37,40)(H,41,42)/t25?,26-,28-/m0/s1. The summed E-state index contributed by atoms with van der Waals surface area (Å²) in [6.07, 6.45) is -1.63. The van der Waals surface area contributed by atoms with Gasteiger partial charge in [-0.3, -0.25) is 19.4 Å². The molecule has 0 aliphatic carbocycles. The predicted octanol–water partition coefficient (Wildman–Crippen LogP) is 3.51. The van der Waals surface area contributed by atoms with Crippen LogP contribution < -0.4 is 16.0 Å². The fourth-order valence-electron chi connectivity index (χ4n) is 4.35. The van der Waals surface area contributed by atoms with E-state index in [-0.39, 0.29) is 13.0 Å². The van der Waals surface area contributed by atoms with E-state index in [0.717, 1.165) is 5.39 Å². The van der Waals surface area contributed by atoms with E-state index < -0.39 is 65.9 Å². The van der Waals surface area contributed by atoms with Crippen LogP contribution in [0.1, 0.15) is 52.3 Å². The Labute approximate surface area is 261 Å². The zero-order chi connectivity index (χ0) is 33.1. The van der Waals surface area contributed by atoms with E-state index in [2.05, 4.69) is 20.9 Å². The van der Waals surface area contributed by atoms with Gasteiger partial charge in [-0.25, -0.2) is 9.59 Å². The van der Waals surface area contributed by atoms with Crippen molar-refractivity contribution < 1.29 is 38.6 Å². The number of ether oxygens (including phenoxy) is 2. The van der Waals surface area contributed by atoms with Crippen LogP contribution in [0.3, 0.4) is 0 Å². The number of hydrogen-bond donors (Lipinski definition) is 4. The second kappa shape index (κ2) is 15.6. The number of aliphatic carboxylic acids is 1. The minimum Gasteiger partial charge on any atom is -0.480 e. The highest BCUT2D eigenvalue weighted by Crippen LogP contribution is 2.14. The molecule has 12 nitrogen and oxygen atoms in total. The zero-order valence-electron chi connectivity index (χ0n) is 26.0. The Kier molecular flexibility index (Phi) is 12.0. The summed E-state index contributed by atoms with van der Waals surface area (Å²) in [7, 11) is 0. The fourth-order valence-corrected chi connectivity index (χ4v) is 4.35. The Hall–Kier alpha value is -5.00. The predicted molar refractivity (Wildman–Crippen MR) is 166 cm³/mol. The van der Waals surface area contributed by atoms with Crippen LogP contribution in [0.4, 0.5) is 4.79 Å². The number of para-hydroxylation sites is 1. The summed E-state index contributed by atoms with van der Waals surface area (Å²) in [5, 5.41) is 18.0. The monoisotopic (exact) mass is 620 g/mol. The van der Waals surface area contributed by atoms with Gasteiger partial charge >= 0.3 is 18.0 Å². The lowest BCUT2D eigenvalue weighted by molar-refractivity contribution is -0.156. The molecular weight excluding hydrogens is 580 g/mol. The van der Waals surface area contributed by atoms with Gasteiger partial charge in [0.25, 0.3) is 0 Å². The molecule has 3 atom stereocenters. The Morgan fingerprint density at radius 2 is 1.47 bits per heavy atom. The van der Waals surface area contributed by atoms with Gasteiger partial charge in [-0.05, 0) is 44.4 Å². The molecule has 4 N–H and O–H groups in total. The molecule has 1 unspecified atom stereocenters. The number of carboxylic acid groups (broad SMARTS) is 1. The van der Waals surface area contributed by atoms with Crippen molar-refractivity contribution in [3.05, 3.63) is 78.0 Å². The van der Waals surface area contributed by atoms with Gasteiger partial charge in [0.2, 0.25) is 11.8 Å². The third kappa shape index (κ3) is 11.2. The largest absolute Gasteiger partial charge is 0.480 e. The average molecular weight is 621 g/mol. The highest BCUT2D eigenvalue weighted by molar-refractivity contribution is 5.94. The molecule has 0 saturated heterocycles. The Balaban J connectivity index is 1.85. The lowest BCUT2D eigenvalue weighted by Gasteiger charge is -2.26. The fraction of sp³-hybridized carbons (Fsp3) is 0.394. The first-order valence-corrected chi connectivity index (χ1v) is 14.6. The van der Waals surface area contributed by atoms with Crippen LogP contribution in [0.25, 0.3) is 10.9 Å². The van der Waals surface area contributed by atoms with Crippen molar-refractivity contribution >= 4 is 40.7 Å². The van der Waals surface area contributed by atoms with Crippen molar-refractivity contribution in [1.29, 1.82) is 0 Å². The van der Waals surface area contributed by atoms with Crippen LogP contribution >= 0.6 is 0 Å². The van der Waals surface area contributed by atoms with Gasteiger partial charge in [-0.15, -0.1) is 0 Å². The van der Waals surface area contributed by atoms with Gasteiger partial charge in [0.1, 0.15) is 30.3 Å². The van der Waals surface area contributed by atoms with E-state index in [4.69, 9.17) is 9.47 Å². The number of pyridine rings is 1. The minimum atomic E-state index is -1.48. The number of amides is 3. The van der Waals surface area contributed by atoms with Crippen LogP contribution in [0.15, 0.2) is 66.7 Å². The van der Waals surface area contributed by atoms with E-state index in [1.54, 1.807) is 71.0 Å². The Morgan fingerprint density at radius 1 is 0.822 bits per heavy atom. The quantitative estimate of drug-likeness (QED) is 0.209. The summed E-state index contributed by atoms with van der Waals surface area (Å²) in [4.78, 5) is 68.9. The summed E-state index contributed by atoms with van der Waals surface area (Å²) in [5.74, 6) is -4.12. The molecule has 240 valence electrons. The number of carbonyl (C=O) groups excluding carboxylic acids is 4. The minimum absolute atomic E-state index is 0.0854. The maximum atomic E-state index is 13.6. The molecule has 0 aliphatic rings. The highest BCUT2D eigenvalue weighted by Gasteiger charge is 2.33. The van der Waals surface area contributed by atoms with E-state index in [9.17, 15) is 29.1 Å². The molecule has 1 aromatic heterocycles. The maximum absolute atomic E-state index is 13.6. The van der Waals surface area contributed by atoms with Gasteiger partial charge in [0.15, 0.2) is 0 Å². The topological polar surface area (TPSA) is 173 Å². The molecule has 0 spiro atoms. The number of nitrogens with zero attached hydrogens (tertiary/aromatic N) is 1. The number of aromatic nitrogens is 1. The first-order valence-electron chi connectivity index (χ1n) is 14.6. The number of alkyl carbamates (subject to hydrolysis) is 1. The second-order valence-corrected chi connectivity index (χ2v) is 11.9. The SMILES string of the molecule is CC(C)[C@H](NC(=O)C(Cc1ccc2ccccc2n1)NC(=O)[C@H](CC(=O)OC(C)(C)C)NC(=O)OCc1ccccc1)C(=O)O. The molecule has 45 heavy (non-hydrogen) atoms. The summed E-state index contributed by atoms with van der Waals surface area (Å²) >= 11 is 0. The van der Waals surface area contributed by atoms with Crippen LogP contribution in [0, 0.1) is 5.92 Å². The third-order valence-corrected chi connectivity index (χ3v) is 6.54. The van der Waals surface area contributed by atoms with E-state index >= 15 is 0 Å². The molecule has 1 heterocycles. The first-order chi connectivity index (χ1) is 21.2.